The van der Waals surface area contributed by atoms with Gasteiger partial charge in [0, 0.05) is 10.9 Å². The van der Waals surface area contributed by atoms with Gasteiger partial charge < -0.3 is 9.73 Å². The lowest BCUT2D eigenvalue weighted by Gasteiger charge is -2.35. The Morgan fingerprint density at radius 2 is 1.75 bits per heavy atom. The van der Waals surface area contributed by atoms with Crippen LogP contribution in [0.1, 0.15) is 59.8 Å². The average Bonchev–Trinajstić information content (AvgIpc) is 2.68. The van der Waals surface area contributed by atoms with Crippen LogP contribution in [0.2, 0.25) is 0 Å². The van der Waals surface area contributed by atoms with Crippen molar-refractivity contribution in [3.63, 3.8) is 0 Å². The Labute approximate surface area is 122 Å². The molecule has 0 amide bonds. The number of hydrogen-bond acceptors (Lipinski definition) is 2. The molecule has 0 aliphatic rings. The Bertz CT molecular complexity index is 541. The van der Waals surface area contributed by atoms with E-state index in [0.717, 1.165) is 17.8 Å². The molecule has 1 atom stereocenters. The first-order chi connectivity index (χ1) is 9.16. The molecule has 2 aromatic rings. The fourth-order valence-electron chi connectivity index (χ4n) is 3.25. The number of nitrogens with one attached hydrogen (secondary N) is 1. The van der Waals surface area contributed by atoms with Gasteiger partial charge in [0.25, 0.3) is 0 Å². The molecule has 20 heavy (non-hydrogen) atoms. The van der Waals surface area contributed by atoms with Gasteiger partial charge in [-0.05, 0) is 44.7 Å². The molecule has 0 saturated heterocycles. The van der Waals surface area contributed by atoms with Crippen LogP contribution in [0.15, 0.2) is 34.7 Å². The van der Waals surface area contributed by atoms with E-state index in [0.29, 0.717) is 5.41 Å². The Balaban J connectivity index is 2.13. The molecule has 1 N–H and O–H groups in total. The van der Waals surface area contributed by atoms with Crippen LogP contribution in [0.5, 0.6) is 0 Å². The fourth-order valence-corrected chi connectivity index (χ4v) is 3.25. The van der Waals surface area contributed by atoms with Gasteiger partial charge in [-0.3, -0.25) is 0 Å². The van der Waals surface area contributed by atoms with E-state index in [1.54, 1.807) is 0 Å². The van der Waals surface area contributed by atoms with E-state index in [2.05, 4.69) is 59.0 Å². The number of fused-ring (bicyclic) bond motifs is 1. The molecule has 0 aliphatic heterocycles. The van der Waals surface area contributed by atoms with Crippen molar-refractivity contribution in [2.24, 2.45) is 5.41 Å². The maximum Gasteiger partial charge on any atom is 0.134 e. The summed E-state index contributed by atoms with van der Waals surface area (Å²) in [5.74, 6) is 1.01. The first kappa shape index (κ1) is 15.1. The van der Waals surface area contributed by atoms with Crippen LogP contribution in [0.3, 0.4) is 0 Å². The first-order valence-corrected chi connectivity index (χ1v) is 7.42. The average molecular weight is 273 g/mol. The Morgan fingerprint density at radius 3 is 2.35 bits per heavy atom. The second-order valence-electron chi connectivity index (χ2n) is 7.67. The van der Waals surface area contributed by atoms with Crippen molar-refractivity contribution in [3.8, 4) is 0 Å². The predicted octanol–water partition coefficient (Wildman–Crippen LogP) is 5.30. The summed E-state index contributed by atoms with van der Waals surface area (Å²) in [6, 6.07) is 10.5. The number of rotatable bonds is 4. The number of furan rings is 1. The highest BCUT2D eigenvalue weighted by molar-refractivity contribution is 5.77. The minimum atomic E-state index is 0.0800. The largest absolute Gasteiger partial charge is 0.459 e. The van der Waals surface area contributed by atoms with Crippen LogP contribution < -0.4 is 5.32 Å². The topological polar surface area (TPSA) is 25.2 Å². The zero-order valence-corrected chi connectivity index (χ0v) is 13.6. The molecule has 0 fully saturated rings. The van der Waals surface area contributed by atoms with Crippen molar-refractivity contribution in [1.29, 1.82) is 0 Å². The Morgan fingerprint density at radius 1 is 1.10 bits per heavy atom. The summed E-state index contributed by atoms with van der Waals surface area (Å²) in [4.78, 5) is 0. The van der Waals surface area contributed by atoms with E-state index in [1.165, 1.54) is 5.39 Å². The molecule has 1 heterocycles. The number of benzene rings is 1. The van der Waals surface area contributed by atoms with Crippen LogP contribution in [0.25, 0.3) is 11.0 Å². The van der Waals surface area contributed by atoms with Crippen LogP contribution in [-0.2, 0) is 0 Å². The summed E-state index contributed by atoms with van der Waals surface area (Å²) in [7, 11) is 0. The molecule has 110 valence electrons. The van der Waals surface area contributed by atoms with Crippen LogP contribution >= 0.6 is 0 Å². The van der Waals surface area contributed by atoms with Crippen LogP contribution in [-0.4, -0.2) is 5.54 Å². The maximum atomic E-state index is 5.94. The van der Waals surface area contributed by atoms with Crippen LogP contribution in [0, 0.1) is 5.41 Å². The molecule has 2 heteroatoms. The molecule has 0 bridgehead atoms. The molecule has 0 aliphatic carbocycles. The zero-order valence-electron chi connectivity index (χ0n) is 13.6. The minimum absolute atomic E-state index is 0.0800. The third-order valence-electron chi connectivity index (χ3n) is 3.45. The first-order valence-electron chi connectivity index (χ1n) is 7.42. The molecule has 1 aromatic heterocycles. The summed E-state index contributed by atoms with van der Waals surface area (Å²) in [5, 5.41) is 4.87. The second kappa shape index (κ2) is 5.25. The summed E-state index contributed by atoms with van der Waals surface area (Å²) < 4.78 is 5.94. The molecule has 1 aromatic carbocycles. The molecule has 1 unspecified atom stereocenters. The smallest absolute Gasteiger partial charge is 0.134 e. The summed E-state index contributed by atoms with van der Waals surface area (Å²) in [6.45, 7) is 13.5. The highest BCUT2D eigenvalue weighted by Crippen LogP contribution is 2.30. The van der Waals surface area contributed by atoms with Gasteiger partial charge in [0.15, 0.2) is 0 Å². The third-order valence-corrected chi connectivity index (χ3v) is 3.45. The SMILES string of the molecule is CC(NC(C)(C)CC(C)(C)C)c1cc2ccccc2o1. The van der Waals surface area contributed by atoms with Gasteiger partial charge in [-0.25, -0.2) is 0 Å². The lowest BCUT2D eigenvalue weighted by Crippen LogP contribution is -2.43. The van der Waals surface area contributed by atoms with Crippen molar-refractivity contribution >= 4 is 11.0 Å². The standard InChI is InChI=1S/C18H27NO/c1-13(19-18(5,6)12-17(2,3)4)16-11-14-9-7-8-10-15(14)20-16/h7-11,13,19H,12H2,1-6H3. The van der Waals surface area contributed by atoms with Gasteiger partial charge in [0.05, 0.1) is 6.04 Å². The van der Waals surface area contributed by atoms with Crippen LogP contribution in [0.4, 0.5) is 0 Å². The molecule has 0 saturated carbocycles. The van der Waals surface area contributed by atoms with E-state index in [9.17, 15) is 0 Å². The number of hydrogen-bond donors (Lipinski definition) is 1. The molecule has 0 radical (unpaired) electrons. The molecule has 2 rings (SSSR count). The quantitative estimate of drug-likeness (QED) is 0.818. The van der Waals surface area contributed by atoms with Gasteiger partial charge >= 0.3 is 0 Å². The molecule has 2 nitrogen and oxygen atoms in total. The minimum Gasteiger partial charge on any atom is -0.459 e. The normalized spacial score (nSPS) is 14.7. The van der Waals surface area contributed by atoms with Gasteiger partial charge in [-0.2, -0.15) is 0 Å². The van der Waals surface area contributed by atoms with E-state index in [1.807, 2.05) is 18.2 Å². The second-order valence-corrected chi connectivity index (χ2v) is 7.67. The van der Waals surface area contributed by atoms with Gasteiger partial charge in [-0.15, -0.1) is 0 Å². The predicted molar refractivity (Wildman–Crippen MR) is 85.9 cm³/mol. The number of para-hydroxylation sites is 1. The highest BCUT2D eigenvalue weighted by Gasteiger charge is 2.27. The van der Waals surface area contributed by atoms with Crippen molar-refractivity contribution in [3.05, 3.63) is 36.1 Å². The van der Waals surface area contributed by atoms with E-state index >= 15 is 0 Å². The summed E-state index contributed by atoms with van der Waals surface area (Å²) in [5.41, 5.74) is 1.35. The van der Waals surface area contributed by atoms with E-state index in [4.69, 9.17) is 4.42 Å². The van der Waals surface area contributed by atoms with Gasteiger partial charge in [0.1, 0.15) is 11.3 Å². The van der Waals surface area contributed by atoms with Gasteiger partial charge in [0.2, 0.25) is 0 Å². The van der Waals surface area contributed by atoms with E-state index in [-0.39, 0.29) is 11.6 Å². The summed E-state index contributed by atoms with van der Waals surface area (Å²) in [6.07, 6.45) is 1.12. The zero-order chi connectivity index (χ0) is 15.0. The van der Waals surface area contributed by atoms with E-state index < -0.39 is 0 Å². The highest BCUT2D eigenvalue weighted by atomic mass is 16.3. The lowest BCUT2D eigenvalue weighted by molar-refractivity contribution is 0.219. The van der Waals surface area contributed by atoms with Gasteiger partial charge in [-0.1, -0.05) is 39.0 Å². The van der Waals surface area contributed by atoms with Crippen molar-refractivity contribution < 1.29 is 4.42 Å². The summed E-state index contributed by atoms with van der Waals surface area (Å²) >= 11 is 0. The molecular weight excluding hydrogens is 246 g/mol. The van der Waals surface area contributed by atoms with Crippen molar-refractivity contribution in [1.82, 2.24) is 5.32 Å². The monoisotopic (exact) mass is 273 g/mol. The Hall–Kier alpha value is -1.28. The third kappa shape index (κ3) is 3.86. The maximum absolute atomic E-state index is 5.94. The Kier molecular flexibility index (Phi) is 3.97. The fraction of sp³-hybridized carbons (Fsp3) is 0.556. The molecule has 0 spiro atoms. The molecular formula is C18H27NO. The lowest BCUT2D eigenvalue weighted by atomic mass is 9.81. The van der Waals surface area contributed by atoms with Crippen molar-refractivity contribution in [2.45, 2.75) is 59.5 Å². The van der Waals surface area contributed by atoms with Crippen molar-refractivity contribution in [2.75, 3.05) is 0 Å².